The van der Waals surface area contributed by atoms with Gasteiger partial charge in [-0.25, -0.2) is 0 Å². The topological polar surface area (TPSA) is 50.3 Å². The van der Waals surface area contributed by atoms with Gasteiger partial charge in [-0.15, -0.1) is 0 Å². The number of carboxylic acid groups (broad SMARTS) is 1. The number of likely N-dealkylation sites (N-methyl/N-ethyl adjacent to an activating group) is 3. The molecule has 1 aliphatic rings. The van der Waals surface area contributed by atoms with E-state index in [-0.39, 0.29) is 6.54 Å². The summed E-state index contributed by atoms with van der Waals surface area (Å²) < 4.78 is 0. The minimum atomic E-state index is -0.732. The first-order valence-corrected chi connectivity index (χ1v) is 8.12. The molecule has 0 aromatic carbocycles. The fraction of sp³-hybridized carbons (Fsp3) is 0.933. The second-order valence-electron chi connectivity index (χ2n) is 5.84. The summed E-state index contributed by atoms with van der Waals surface area (Å²) in [7, 11) is 2.12. The molecule has 124 valence electrons. The number of nitrogens with zero attached hydrogens (tertiary/aromatic N) is 4. The van der Waals surface area contributed by atoms with Gasteiger partial charge in [0.1, 0.15) is 0 Å². The smallest absolute Gasteiger partial charge is 0.317 e. The SMILES string of the molecule is CCN1CCN(C)CCN(CC(=O)O)CCN(CC)CC1. The van der Waals surface area contributed by atoms with E-state index in [1.165, 1.54) is 0 Å². The molecule has 1 heterocycles. The average molecular weight is 300 g/mol. The molecule has 0 unspecified atom stereocenters. The minimum Gasteiger partial charge on any atom is -0.480 e. The van der Waals surface area contributed by atoms with Crippen molar-refractivity contribution in [3.8, 4) is 0 Å². The summed E-state index contributed by atoms with van der Waals surface area (Å²) >= 11 is 0. The molecular formula is C15H32N4O2. The van der Waals surface area contributed by atoms with E-state index in [0.29, 0.717) is 0 Å². The molecule has 6 nitrogen and oxygen atoms in total. The van der Waals surface area contributed by atoms with Crippen LogP contribution in [0.4, 0.5) is 0 Å². The second-order valence-corrected chi connectivity index (χ2v) is 5.84. The molecule has 0 saturated carbocycles. The van der Waals surface area contributed by atoms with E-state index in [4.69, 9.17) is 5.11 Å². The van der Waals surface area contributed by atoms with Crippen molar-refractivity contribution in [1.82, 2.24) is 19.6 Å². The zero-order valence-corrected chi connectivity index (χ0v) is 13.9. The van der Waals surface area contributed by atoms with Crippen LogP contribution in [0.1, 0.15) is 13.8 Å². The van der Waals surface area contributed by atoms with Gasteiger partial charge in [0.05, 0.1) is 6.54 Å². The fourth-order valence-corrected chi connectivity index (χ4v) is 2.62. The summed E-state index contributed by atoms with van der Waals surface area (Å²) in [6, 6.07) is 0. The van der Waals surface area contributed by atoms with Gasteiger partial charge in [0, 0.05) is 52.4 Å². The molecule has 21 heavy (non-hydrogen) atoms. The van der Waals surface area contributed by atoms with E-state index in [1.807, 2.05) is 0 Å². The van der Waals surface area contributed by atoms with Gasteiger partial charge in [-0.05, 0) is 20.1 Å². The largest absolute Gasteiger partial charge is 0.480 e. The highest BCUT2D eigenvalue weighted by molar-refractivity contribution is 5.69. The maximum Gasteiger partial charge on any atom is 0.317 e. The van der Waals surface area contributed by atoms with Crippen molar-refractivity contribution in [2.24, 2.45) is 0 Å². The van der Waals surface area contributed by atoms with Crippen LogP contribution in [-0.2, 0) is 4.79 Å². The predicted molar refractivity (Wildman–Crippen MR) is 85.8 cm³/mol. The standard InChI is InChI=1S/C15H32N4O2/c1-4-17-8-6-16(3)7-9-19(14-15(20)21)13-12-18(5-2)11-10-17/h4-14H2,1-3H3,(H,20,21). The van der Waals surface area contributed by atoms with E-state index in [2.05, 4.69) is 40.5 Å². The molecule has 0 atom stereocenters. The van der Waals surface area contributed by atoms with Crippen molar-refractivity contribution in [3.05, 3.63) is 0 Å². The second kappa shape index (κ2) is 10.1. The molecule has 1 N–H and O–H groups in total. The zero-order chi connectivity index (χ0) is 15.7. The lowest BCUT2D eigenvalue weighted by Crippen LogP contribution is -2.46. The van der Waals surface area contributed by atoms with Crippen LogP contribution in [0.25, 0.3) is 0 Å². The Bertz CT molecular complexity index is 301. The van der Waals surface area contributed by atoms with Crippen LogP contribution < -0.4 is 0 Å². The quantitative estimate of drug-likeness (QED) is 0.786. The van der Waals surface area contributed by atoms with Crippen molar-refractivity contribution in [1.29, 1.82) is 0 Å². The van der Waals surface area contributed by atoms with E-state index in [9.17, 15) is 4.79 Å². The van der Waals surface area contributed by atoms with Gasteiger partial charge < -0.3 is 19.8 Å². The van der Waals surface area contributed by atoms with Crippen molar-refractivity contribution >= 4 is 5.97 Å². The maximum atomic E-state index is 11.0. The number of hydrogen-bond donors (Lipinski definition) is 1. The van der Waals surface area contributed by atoms with Crippen LogP contribution in [0.5, 0.6) is 0 Å². The molecule has 6 heteroatoms. The number of aliphatic carboxylic acids is 1. The van der Waals surface area contributed by atoms with Gasteiger partial charge in [-0.3, -0.25) is 9.69 Å². The average Bonchev–Trinajstić information content (AvgIpc) is 2.45. The van der Waals surface area contributed by atoms with Gasteiger partial charge in [0.2, 0.25) is 0 Å². The number of carbonyl (C=O) groups is 1. The lowest BCUT2D eigenvalue weighted by atomic mass is 10.3. The molecule has 1 fully saturated rings. The summed E-state index contributed by atoms with van der Waals surface area (Å²) in [6.07, 6.45) is 0. The van der Waals surface area contributed by atoms with Crippen molar-refractivity contribution in [3.63, 3.8) is 0 Å². The summed E-state index contributed by atoms with van der Waals surface area (Å²) in [5.41, 5.74) is 0. The maximum absolute atomic E-state index is 11.0. The molecule has 0 aromatic heterocycles. The molecule has 0 radical (unpaired) electrons. The first kappa shape index (κ1) is 18.4. The summed E-state index contributed by atoms with van der Waals surface area (Å²) in [4.78, 5) is 20.3. The number of rotatable bonds is 4. The monoisotopic (exact) mass is 300 g/mol. The van der Waals surface area contributed by atoms with E-state index >= 15 is 0 Å². The third-order valence-electron chi connectivity index (χ3n) is 4.31. The highest BCUT2D eigenvalue weighted by Gasteiger charge is 2.15. The molecule has 0 aromatic rings. The lowest BCUT2D eigenvalue weighted by molar-refractivity contribution is -0.138. The van der Waals surface area contributed by atoms with Crippen molar-refractivity contribution < 1.29 is 9.90 Å². The minimum absolute atomic E-state index is 0.145. The Kier molecular flexibility index (Phi) is 8.84. The third-order valence-corrected chi connectivity index (χ3v) is 4.31. The van der Waals surface area contributed by atoms with Gasteiger partial charge in [0.25, 0.3) is 0 Å². The van der Waals surface area contributed by atoms with E-state index in [0.717, 1.165) is 65.4 Å². The normalized spacial score (nSPS) is 22.6. The highest BCUT2D eigenvalue weighted by atomic mass is 16.4. The number of hydrogen-bond acceptors (Lipinski definition) is 5. The van der Waals surface area contributed by atoms with Gasteiger partial charge in [0.15, 0.2) is 0 Å². The lowest BCUT2D eigenvalue weighted by Gasteiger charge is -2.32. The Labute approximate surface area is 129 Å². The molecule has 0 spiro atoms. The molecule has 0 bridgehead atoms. The predicted octanol–water partition coefficient (Wildman–Crippen LogP) is -0.0378. The van der Waals surface area contributed by atoms with Gasteiger partial charge in [-0.1, -0.05) is 13.8 Å². The van der Waals surface area contributed by atoms with Crippen LogP contribution in [0.3, 0.4) is 0 Å². The zero-order valence-electron chi connectivity index (χ0n) is 13.9. The van der Waals surface area contributed by atoms with Crippen LogP contribution in [0, 0.1) is 0 Å². The van der Waals surface area contributed by atoms with Crippen LogP contribution in [0.15, 0.2) is 0 Å². The molecule has 0 aliphatic carbocycles. The summed E-state index contributed by atoms with van der Waals surface area (Å²) in [5, 5.41) is 9.03. The third kappa shape index (κ3) is 7.76. The first-order valence-electron chi connectivity index (χ1n) is 8.12. The van der Waals surface area contributed by atoms with E-state index in [1.54, 1.807) is 0 Å². The Balaban J connectivity index is 2.60. The molecule has 1 saturated heterocycles. The Morgan fingerprint density at radius 3 is 1.62 bits per heavy atom. The van der Waals surface area contributed by atoms with Crippen LogP contribution >= 0.6 is 0 Å². The molecular weight excluding hydrogens is 268 g/mol. The molecule has 1 rings (SSSR count). The van der Waals surface area contributed by atoms with Crippen molar-refractivity contribution in [2.75, 3.05) is 79.0 Å². The number of carboxylic acids is 1. The van der Waals surface area contributed by atoms with Crippen LogP contribution in [-0.4, -0.2) is 110 Å². The van der Waals surface area contributed by atoms with Crippen molar-refractivity contribution in [2.45, 2.75) is 13.8 Å². The summed E-state index contributed by atoms with van der Waals surface area (Å²) in [5.74, 6) is -0.732. The van der Waals surface area contributed by atoms with Gasteiger partial charge >= 0.3 is 5.97 Å². The highest BCUT2D eigenvalue weighted by Crippen LogP contribution is 1.99. The van der Waals surface area contributed by atoms with Crippen LogP contribution in [0.2, 0.25) is 0 Å². The fourth-order valence-electron chi connectivity index (χ4n) is 2.62. The van der Waals surface area contributed by atoms with Gasteiger partial charge in [-0.2, -0.15) is 0 Å². The summed E-state index contributed by atoms with van der Waals surface area (Å²) in [6.45, 7) is 14.5. The first-order chi connectivity index (χ1) is 10.0. The Morgan fingerprint density at radius 1 is 0.810 bits per heavy atom. The molecule has 1 aliphatic heterocycles. The molecule has 0 amide bonds. The van der Waals surface area contributed by atoms with E-state index < -0.39 is 5.97 Å². The Morgan fingerprint density at radius 2 is 1.19 bits per heavy atom. The Hall–Kier alpha value is -0.690.